The summed E-state index contributed by atoms with van der Waals surface area (Å²) in [6.45, 7) is 0. The summed E-state index contributed by atoms with van der Waals surface area (Å²) in [6.07, 6.45) is 12.0. The highest BCUT2D eigenvalue weighted by Gasteiger charge is 2.09. The highest BCUT2D eigenvalue weighted by Crippen LogP contribution is 2.11. The van der Waals surface area contributed by atoms with Crippen molar-refractivity contribution in [1.82, 2.24) is 0 Å². The molecule has 0 aliphatic carbocycles. The van der Waals surface area contributed by atoms with Gasteiger partial charge in [0.1, 0.15) is 0 Å². The number of halogens is 1. The van der Waals surface area contributed by atoms with E-state index < -0.39 is 11.8 Å². The van der Waals surface area contributed by atoms with Crippen LogP contribution in [0.2, 0.25) is 0 Å². The highest BCUT2D eigenvalue weighted by molar-refractivity contribution is 9.09. The number of alkyl halides is 1. The standard InChI is InChI=1S/C14H25BrO3/c15-12-10-8-6-4-2-1-3-5-7-9-11-13(16)14(17)18/h1-12H2,(H,17,18). The van der Waals surface area contributed by atoms with Crippen molar-refractivity contribution in [3.63, 3.8) is 0 Å². The van der Waals surface area contributed by atoms with Gasteiger partial charge in [0.25, 0.3) is 0 Å². The molecular weight excluding hydrogens is 296 g/mol. The van der Waals surface area contributed by atoms with Gasteiger partial charge >= 0.3 is 5.97 Å². The number of aliphatic carboxylic acids is 1. The fourth-order valence-corrected chi connectivity index (χ4v) is 2.30. The number of Topliss-reactive ketones (excluding diaryl/α,β-unsaturated/α-hetero) is 1. The monoisotopic (exact) mass is 320 g/mol. The van der Waals surface area contributed by atoms with Crippen LogP contribution in [0.4, 0.5) is 0 Å². The number of unbranched alkanes of at least 4 members (excludes halogenated alkanes) is 9. The maximum atomic E-state index is 10.8. The molecule has 0 bridgehead atoms. The first-order valence-electron chi connectivity index (χ1n) is 7.00. The molecule has 1 N–H and O–H groups in total. The first-order valence-corrected chi connectivity index (χ1v) is 8.12. The smallest absolute Gasteiger partial charge is 0.372 e. The molecule has 0 radical (unpaired) electrons. The van der Waals surface area contributed by atoms with Gasteiger partial charge in [-0.25, -0.2) is 4.79 Å². The van der Waals surface area contributed by atoms with Crippen LogP contribution in [0.1, 0.15) is 70.6 Å². The Labute approximate surface area is 118 Å². The van der Waals surface area contributed by atoms with Gasteiger partial charge in [0.05, 0.1) is 0 Å². The first kappa shape index (κ1) is 17.6. The minimum Gasteiger partial charge on any atom is -0.476 e. The largest absolute Gasteiger partial charge is 0.476 e. The van der Waals surface area contributed by atoms with E-state index in [1.54, 1.807) is 0 Å². The van der Waals surface area contributed by atoms with Gasteiger partial charge in [-0.1, -0.05) is 67.3 Å². The Morgan fingerprint density at radius 2 is 1.11 bits per heavy atom. The van der Waals surface area contributed by atoms with Crippen molar-refractivity contribution in [2.24, 2.45) is 0 Å². The number of ketones is 1. The van der Waals surface area contributed by atoms with E-state index in [1.807, 2.05) is 0 Å². The van der Waals surface area contributed by atoms with Gasteiger partial charge in [0, 0.05) is 11.8 Å². The zero-order valence-corrected chi connectivity index (χ0v) is 12.7. The van der Waals surface area contributed by atoms with Gasteiger partial charge in [0.15, 0.2) is 0 Å². The minimum atomic E-state index is -1.29. The van der Waals surface area contributed by atoms with Crippen molar-refractivity contribution in [1.29, 1.82) is 0 Å². The predicted octanol–water partition coefficient (Wildman–Crippen LogP) is 4.33. The number of carboxylic acid groups (broad SMARTS) is 1. The lowest BCUT2D eigenvalue weighted by molar-refractivity contribution is -0.149. The van der Waals surface area contributed by atoms with Crippen molar-refractivity contribution in [2.75, 3.05) is 5.33 Å². The Hall–Kier alpha value is -0.380. The van der Waals surface area contributed by atoms with Crippen LogP contribution in [0.15, 0.2) is 0 Å². The van der Waals surface area contributed by atoms with E-state index in [1.165, 1.54) is 44.9 Å². The minimum absolute atomic E-state index is 0.196. The zero-order valence-electron chi connectivity index (χ0n) is 11.1. The number of carbonyl (C=O) groups excluding carboxylic acids is 1. The molecule has 3 nitrogen and oxygen atoms in total. The SMILES string of the molecule is O=C(O)C(=O)CCCCCCCCCCCCBr. The number of carboxylic acids is 1. The number of carbonyl (C=O) groups is 2. The third kappa shape index (κ3) is 12.1. The predicted molar refractivity (Wildman–Crippen MR) is 77.2 cm³/mol. The van der Waals surface area contributed by atoms with E-state index in [0.717, 1.165) is 24.6 Å². The van der Waals surface area contributed by atoms with Gasteiger partial charge in [-0.3, -0.25) is 4.79 Å². The number of hydrogen-bond acceptors (Lipinski definition) is 2. The van der Waals surface area contributed by atoms with E-state index in [0.29, 0.717) is 0 Å². The summed E-state index contributed by atoms with van der Waals surface area (Å²) in [5.74, 6) is -1.94. The summed E-state index contributed by atoms with van der Waals surface area (Å²) >= 11 is 3.43. The molecule has 0 aromatic carbocycles. The average molecular weight is 321 g/mol. The van der Waals surface area contributed by atoms with Crippen molar-refractivity contribution in [3.8, 4) is 0 Å². The van der Waals surface area contributed by atoms with Gasteiger partial charge in [0.2, 0.25) is 5.78 Å². The third-order valence-electron chi connectivity index (χ3n) is 3.03. The van der Waals surface area contributed by atoms with E-state index in [4.69, 9.17) is 5.11 Å². The fraction of sp³-hybridized carbons (Fsp3) is 0.857. The van der Waals surface area contributed by atoms with E-state index in [-0.39, 0.29) is 6.42 Å². The lowest BCUT2D eigenvalue weighted by atomic mass is 10.1. The van der Waals surface area contributed by atoms with E-state index >= 15 is 0 Å². The summed E-state index contributed by atoms with van der Waals surface area (Å²) in [4.78, 5) is 21.1. The molecule has 0 saturated heterocycles. The molecule has 0 aromatic rings. The molecule has 18 heavy (non-hydrogen) atoms. The van der Waals surface area contributed by atoms with Crippen LogP contribution < -0.4 is 0 Å². The van der Waals surface area contributed by atoms with Crippen LogP contribution in [-0.2, 0) is 9.59 Å². The van der Waals surface area contributed by atoms with Crippen molar-refractivity contribution in [3.05, 3.63) is 0 Å². The second-order valence-corrected chi connectivity index (χ2v) is 5.50. The molecule has 0 fully saturated rings. The maximum absolute atomic E-state index is 10.8. The van der Waals surface area contributed by atoms with Crippen LogP contribution in [0.5, 0.6) is 0 Å². The Morgan fingerprint density at radius 1 is 0.722 bits per heavy atom. The summed E-state index contributed by atoms with van der Waals surface area (Å²) in [5, 5.41) is 9.50. The van der Waals surface area contributed by atoms with Gasteiger partial charge in [-0.15, -0.1) is 0 Å². The molecule has 106 valence electrons. The number of rotatable bonds is 13. The van der Waals surface area contributed by atoms with Crippen LogP contribution in [0.3, 0.4) is 0 Å². The van der Waals surface area contributed by atoms with Crippen molar-refractivity contribution < 1.29 is 14.7 Å². The van der Waals surface area contributed by atoms with Crippen molar-refractivity contribution >= 4 is 27.7 Å². The third-order valence-corrected chi connectivity index (χ3v) is 3.59. The Balaban J connectivity index is 3.07. The van der Waals surface area contributed by atoms with Crippen LogP contribution in [-0.4, -0.2) is 22.2 Å². The van der Waals surface area contributed by atoms with E-state index in [2.05, 4.69) is 15.9 Å². The van der Waals surface area contributed by atoms with Crippen molar-refractivity contribution in [2.45, 2.75) is 70.6 Å². The summed E-state index contributed by atoms with van der Waals surface area (Å²) in [5.41, 5.74) is 0. The van der Waals surface area contributed by atoms with Gasteiger partial charge < -0.3 is 5.11 Å². The molecule has 0 saturated carbocycles. The molecule has 0 amide bonds. The molecule has 0 unspecified atom stereocenters. The average Bonchev–Trinajstić information content (AvgIpc) is 2.35. The molecule has 0 rings (SSSR count). The lowest BCUT2D eigenvalue weighted by Crippen LogP contribution is -2.11. The topological polar surface area (TPSA) is 54.4 Å². The Morgan fingerprint density at radius 3 is 1.50 bits per heavy atom. The molecule has 4 heteroatoms. The molecular formula is C14H25BrO3. The fourth-order valence-electron chi connectivity index (χ4n) is 1.90. The molecule has 0 atom stereocenters. The second-order valence-electron chi connectivity index (χ2n) is 4.70. The summed E-state index contributed by atoms with van der Waals surface area (Å²) in [7, 11) is 0. The Kier molecular flexibility index (Phi) is 12.8. The molecule has 0 spiro atoms. The zero-order chi connectivity index (χ0) is 13.6. The Bertz CT molecular complexity index is 229. The van der Waals surface area contributed by atoms with Crippen LogP contribution in [0, 0.1) is 0 Å². The highest BCUT2D eigenvalue weighted by atomic mass is 79.9. The molecule has 0 aliphatic rings. The molecule has 0 aliphatic heterocycles. The van der Waals surface area contributed by atoms with Gasteiger partial charge in [-0.05, 0) is 12.8 Å². The maximum Gasteiger partial charge on any atom is 0.372 e. The normalized spacial score (nSPS) is 10.5. The van der Waals surface area contributed by atoms with Crippen LogP contribution >= 0.6 is 15.9 Å². The quantitative estimate of drug-likeness (QED) is 0.312. The number of hydrogen-bond donors (Lipinski definition) is 1. The van der Waals surface area contributed by atoms with Crippen LogP contribution in [0.25, 0.3) is 0 Å². The lowest BCUT2D eigenvalue weighted by Gasteiger charge is -2.01. The van der Waals surface area contributed by atoms with E-state index in [9.17, 15) is 9.59 Å². The van der Waals surface area contributed by atoms with Gasteiger partial charge in [-0.2, -0.15) is 0 Å². The first-order chi connectivity index (χ1) is 8.68. The second kappa shape index (κ2) is 13.1. The summed E-state index contributed by atoms with van der Waals surface area (Å²) < 4.78 is 0. The summed E-state index contributed by atoms with van der Waals surface area (Å²) in [6, 6.07) is 0. The molecule has 0 aromatic heterocycles. The molecule has 0 heterocycles.